The SMILES string of the molecule is Cc1cc(N2CCC(N(C)C(=O)C3(Cl)CC3(Cl)Cl)C2=O)ccc1Br. The van der Waals surface area contributed by atoms with Crippen molar-refractivity contribution in [3.63, 3.8) is 0 Å². The van der Waals surface area contributed by atoms with Crippen LogP contribution in [0.4, 0.5) is 5.69 Å². The first-order valence-electron chi connectivity index (χ1n) is 7.50. The largest absolute Gasteiger partial charge is 0.332 e. The van der Waals surface area contributed by atoms with Gasteiger partial charge in [0.15, 0.2) is 4.87 Å². The molecule has 2 fully saturated rings. The molecule has 0 radical (unpaired) electrons. The zero-order chi connectivity index (χ0) is 17.9. The summed E-state index contributed by atoms with van der Waals surface area (Å²) in [6, 6.07) is 5.18. The molecule has 1 aromatic carbocycles. The number of benzene rings is 1. The maximum Gasteiger partial charge on any atom is 0.249 e. The van der Waals surface area contributed by atoms with Crippen molar-refractivity contribution in [2.24, 2.45) is 0 Å². The van der Waals surface area contributed by atoms with E-state index in [4.69, 9.17) is 34.8 Å². The number of hydrogen-bond donors (Lipinski definition) is 0. The van der Waals surface area contributed by atoms with Crippen molar-refractivity contribution in [2.45, 2.75) is 35.0 Å². The smallest absolute Gasteiger partial charge is 0.249 e. The predicted octanol–water partition coefficient (Wildman–Crippen LogP) is 3.88. The number of aryl methyl sites for hydroxylation is 1. The standard InChI is InChI=1S/C16H16BrCl3N2O2/c1-9-7-10(3-4-11(9)17)22-6-5-12(13(22)23)21(2)14(24)15(18)8-16(15,19)20/h3-4,7,12H,5-6,8H2,1-2H3. The van der Waals surface area contributed by atoms with E-state index in [1.54, 1.807) is 11.9 Å². The second-order valence-electron chi connectivity index (χ2n) is 6.33. The van der Waals surface area contributed by atoms with E-state index in [9.17, 15) is 9.59 Å². The van der Waals surface area contributed by atoms with Gasteiger partial charge in [0.1, 0.15) is 10.4 Å². The maximum atomic E-state index is 12.8. The van der Waals surface area contributed by atoms with Crippen LogP contribution >= 0.6 is 50.7 Å². The molecule has 0 spiro atoms. The molecule has 1 heterocycles. The highest BCUT2D eigenvalue weighted by Crippen LogP contribution is 2.62. The normalized spacial score (nSPS) is 28.2. The Kier molecular flexibility index (Phi) is 4.61. The number of nitrogens with zero attached hydrogens (tertiary/aromatic N) is 2. The molecule has 130 valence electrons. The zero-order valence-electron chi connectivity index (χ0n) is 13.2. The van der Waals surface area contributed by atoms with Gasteiger partial charge in [-0.3, -0.25) is 9.59 Å². The molecule has 1 aliphatic heterocycles. The molecule has 0 aromatic heterocycles. The number of alkyl halides is 3. The second-order valence-corrected chi connectivity index (χ2v) is 9.31. The molecule has 1 saturated heterocycles. The van der Waals surface area contributed by atoms with E-state index in [1.807, 2.05) is 25.1 Å². The average molecular weight is 455 g/mol. The van der Waals surface area contributed by atoms with Gasteiger partial charge in [0.2, 0.25) is 11.8 Å². The van der Waals surface area contributed by atoms with E-state index in [0.29, 0.717) is 13.0 Å². The van der Waals surface area contributed by atoms with Gasteiger partial charge >= 0.3 is 0 Å². The first-order chi connectivity index (χ1) is 11.1. The highest BCUT2D eigenvalue weighted by Gasteiger charge is 2.72. The molecular formula is C16H16BrCl3N2O2. The first kappa shape index (κ1) is 18.3. The van der Waals surface area contributed by atoms with Crippen LogP contribution in [0.25, 0.3) is 0 Å². The number of amides is 2. The molecule has 0 bridgehead atoms. The van der Waals surface area contributed by atoms with Crippen LogP contribution in [0, 0.1) is 6.92 Å². The number of halogens is 4. The lowest BCUT2D eigenvalue weighted by Crippen LogP contribution is -2.47. The minimum absolute atomic E-state index is 0.122. The highest BCUT2D eigenvalue weighted by molar-refractivity contribution is 9.10. The molecule has 2 aliphatic rings. The van der Waals surface area contributed by atoms with Crippen molar-refractivity contribution < 1.29 is 9.59 Å². The summed E-state index contributed by atoms with van der Waals surface area (Å²) < 4.78 is -0.274. The molecule has 2 amide bonds. The van der Waals surface area contributed by atoms with Crippen LogP contribution < -0.4 is 4.90 Å². The lowest BCUT2D eigenvalue weighted by molar-refractivity contribution is -0.137. The lowest BCUT2D eigenvalue weighted by atomic mass is 10.2. The quantitative estimate of drug-likeness (QED) is 0.651. The fraction of sp³-hybridized carbons (Fsp3) is 0.500. The summed E-state index contributed by atoms with van der Waals surface area (Å²) >= 11 is 21.6. The van der Waals surface area contributed by atoms with E-state index in [2.05, 4.69) is 15.9 Å². The topological polar surface area (TPSA) is 40.6 Å². The molecule has 1 aliphatic carbocycles. The molecule has 1 saturated carbocycles. The Hall–Kier alpha value is -0.490. The minimum Gasteiger partial charge on any atom is -0.332 e. The Balaban J connectivity index is 1.76. The van der Waals surface area contributed by atoms with Crippen molar-refractivity contribution in [3.05, 3.63) is 28.2 Å². The first-order valence-corrected chi connectivity index (χ1v) is 9.43. The predicted molar refractivity (Wildman–Crippen MR) is 100 cm³/mol. The van der Waals surface area contributed by atoms with Gasteiger partial charge in [-0.25, -0.2) is 0 Å². The van der Waals surface area contributed by atoms with Gasteiger partial charge in [0.05, 0.1) is 0 Å². The molecule has 2 unspecified atom stereocenters. The van der Waals surface area contributed by atoms with Crippen molar-refractivity contribution in [1.29, 1.82) is 0 Å². The Morgan fingerprint density at radius 1 is 1.38 bits per heavy atom. The van der Waals surface area contributed by atoms with E-state index in [0.717, 1.165) is 15.7 Å². The molecule has 3 rings (SSSR count). The summed E-state index contributed by atoms with van der Waals surface area (Å²) in [5.74, 6) is -0.524. The molecule has 24 heavy (non-hydrogen) atoms. The molecule has 2 atom stereocenters. The van der Waals surface area contributed by atoms with Gasteiger partial charge in [-0.15, -0.1) is 11.6 Å². The van der Waals surface area contributed by atoms with Crippen molar-refractivity contribution in [1.82, 2.24) is 4.90 Å². The highest BCUT2D eigenvalue weighted by atomic mass is 79.9. The molecule has 4 nitrogen and oxygen atoms in total. The van der Waals surface area contributed by atoms with Gasteiger partial charge in [0, 0.05) is 30.2 Å². The summed E-state index contributed by atoms with van der Waals surface area (Å²) in [7, 11) is 1.58. The van der Waals surface area contributed by atoms with Gasteiger partial charge in [-0.2, -0.15) is 0 Å². The molecule has 1 aromatic rings. The van der Waals surface area contributed by atoms with E-state index < -0.39 is 21.2 Å². The van der Waals surface area contributed by atoms with Gasteiger partial charge in [-0.1, -0.05) is 39.1 Å². The Morgan fingerprint density at radius 2 is 2.00 bits per heavy atom. The van der Waals surface area contributed by atoms with Crippen LogP contribution in [0.3, 0.4) is 0 Å². The van der Waals surface area contributed by atoms with Crippen molar-refractivity contribution >= 4 is 68.2 Å². The van der Waals surface area contributed by atoms with Crippen LogP contribution in [-0.4, -0.2) is 45.6 Å². The number of carbonyl (C=O) groups excluding carboxylic acids is 2. The Morgan fingerprint density at radius 3 is 2.54 bits per heavy atom. The van der Waals surface area contributed by atoms with Crippen molar-refractivity contribution in [3.8, 4) is 0 Å². The zero-order valence-corrected chi connectivity index (χ0v) is 17.0. The monoisotopic (exact) mass is 452 g/mol. The number of hydrogen-bond acceptors (Lipinski definition) is 2. The number of carbonyl (C=O) groups is 2. The minimum atomic E-state index is -1.33. The van der Waals surface area contributed by atoms with Gasteiger partial charge in [-0.05, 0) is 37.1 Å². The summed E-state index contributed by atoms with van der Waals surface area (Å²) in [6.45, 7) is 2.51. The fourth-order valence-electron chi connectivity index (χ4n) is 2.99. The summed E-state index contributed by atoms with van der Waals surface area (Å²) in [4.78, 5) is 27.1. The fourth-order valence-corrected chi connectivity index (χ4v) is 4.27. The molecule has 8 heteroatoms. The summed E-state index contributed by atoms with van der Waals surface area (Å²) in [6.07, 6.45) is 0.727. The number of likely N-dealkylation sites (N-methyl/N-ethyl adjacent to an activating group) is 1. The van der Waals surface area contributed by atoms with Gasteiger partial charge < -0.3 is 9.80 Å². The summed E-state index contributed by atoms with van der Waals surface area (Å²) in [5, 5.41) is 0. The van der Waals surface area contributed by atoms with Gasteiger partial charge in [0.25, 0.3) is 0 Å². The Bertz CT molecular complexity index is 727. The van der Waals surface area contributed by atoms with E-state index in [-0.39, 0.29) is 12.3 Å². The van der Waals surface area contributed by atoms with Crippen molar-refractivity contribution in [2.75, 3.05) is 18.5 Å². The average Bonchev–Trinajstić information content (AvgIpc) is 2.85. The van der Waals surface area contributed by atoms with Crippen LogP contribution in [-0.2, 0) is 9.59 Å². The maximum absolute atomic E-state index is 12.8. The van der Waals surface area contributed by atoms with Crippen LogP contribution in [0.5, 0.6) is 0 Å². The lowest BCUT2D eigenvalue weighted by Gasteiger charge is -2.26. The summed E-state index contributed by atoms with van der Waals surface area (Å²) in [5.41, 5.74) is 1.86. The third-order valence-electron chi connectivity index (χ3n) is 4.68. The number of rotatable bonds is 3. The van der Waals surface area contributed by atoms with E-state index in [1.165, 1.54) is 4.90 Å². The van der Waals surface area contributed by atoms with Crippen LogP contribution in [0.15, 0.2) is 22.7 Å². The van der Waals surface area contributed by atoms with Crippen LogP contribution in [0.2, 0.25) is 0 Å². The second kappa shape index (κ2) is 6.04. The molecular weight excluding hydrogens is 438 g/mol. The number of anilines is 1. The Labute approximate surface area is 164 Å². The molecule has 0 N–H and O–H groups in total. The van der Waals surface area contributed by atoms with Crippen LogP contribution in [0.1, 0.15) is 18.4 Å². The van der Waals surface area contributed by atoms with E-state index >= 15 is 0 Å². The third-order valence-corrected chi connectivity index (χ3v) is 7.29. The third kappa shape index (κ3) is 2.83.